The Bertz CT molecular complexity index is 180. The molecule has 1 fully saturated rings. The van der Waals surface area contributed by atoms with Crippen molar-refractivity contribution in [3.05, 3.63) is 0 Å². The molecule has 1 rings (SSSR count). The summed E-state index contributed by atoms with van der Waals surface area (Å²) in [6.07, 6.45) is 2.40. The van der Waals surface area contributed by atoms with Crippen LogP contribution in [-0.2, 0) is 9.47 Å². The van der Waals surface area contributed by atoms with Gasteiger partial charge in [0.25, 0.3) is 0 Å². The van der Waals surface area contributed by atoms with Crippen molar-refractivity contribution in [1.29, 1.82) is 0 Å². The van der Waals surface area contributed by atoms with Crippen LogP contribution in [0, 0.1) is 0 Å². The van der Waals surface area contributed by atoms with Crippen LogP contribution < -0.4 is 5.32 Å². The molecule has 0 bridgehead atoms. The number of morpholine rings is 1. The third-order valence-electron chi connectivity index (χ3n) is 3.49. The fourth-order valence-electron chi connectivity index (χ4n) is 2.46. The fraction of sp³-hybridized carbons (Fsp3) is 1.00. The molecule has 0 aromatic rings. The Morgan fingerprint density at radius 2 is 2.18 bits per heavy atom. The van der Waals surface area contributed by atoms with Gasteiger partial charge in [-0.15, -0.1) is 0 Å². The molecular formula is C13H28N2O2. The molecule has 1 aliphatic heterocycles. The van der Waals surface area contributed by atoms with Gasteiger partial charge < -0.3 is 14.8 Å². The molecule has 17 heavy (non-hydrogen) atoms. The lowest BCUT2D eigenvalue weighted by molar-refractivity contribution is 0.0447. The fourth-order valence-corrected chi connectivity index (χ4v) is 2.46. The average molecular weight is 244 g/mol. The zero-order chi connectivity index (χ0) is 12.5. The van der Waals surface area contributed by atoms with Crippen LogP contribution in [0.4, 0.5) is 0 Å². The van der Waals surface area contributed by atoms with E-state index in [0.717, 1.165) is 39.5 Å². The Morgan fingerprint density at radius 1 is 1.41 bits per heavy atom. The molecule has 0 aromatic carbocycles. The summed E-state index contributed by atoms with van der Waals surface area (Å²) in [5.41, 5.74) is 0. The van der Waals surface area contributed by atoms with Crippen molar-refractivity contribution >= 4 is 0 Å². The number of hydrogen-bond donors (Lipinski definition) is 1. The van der Waals surface area contributed by atoms with Crippen LogP contribution in [0.15, 0.2) is 0 Å². The van der Waals surface area contributed by atoms with Gasteiger partial charge in [0, 0.05) is 38.8 Å². The molecule has 0 saturated carbocycles. The second kappa shape index (κ2) is 8.86. The third kappa shape index (κ3) is 5.34. The van der Waals surface area contributed by atoms with Crippen LogP contribution in [-0.4, -0.2) is 63.5 Å². The van der Waals surface area contributed by atoms with Crippen LogP contribution in [0.1, 0.15) is 26.7 Å². The summed E-state index contributed by atoms with van der Waals surface area (Å²) in [4.78, 5) is 2.54. The van der Waals surface area contributed by atoms with Gasteiger partial charge in [-0.1, -0.05) is 13.8 Å². The average Bonchev–Trinajstić information content (AvgIpc) is 2.38. The zero-order valence-corrected chi connectivity index (χ0v) is 11.6. The van der Waals surface area contributed by atoms with Crippen molar-refractivity contribution in [3.8, 4) is 0 Å². The molecule has 1 heterocycles. The number of rotatable bonds is 8. The summed E-state index contributed by atoms with van der Waals surface area (Å²) in [6.45, 7) is 10.1. The van der Waals surface area contributed by atoms with Crippen molar-refractivity contribution in [1.82, 2.24) is 10.2 Å². The van der Waals surface area contributed by atoms with E-state index in [1.165, 1.54) is 12.8 Å². The van der Waals surface area contributed by atoms with Crippen LogP contribution in [0.2, 0.25) is 0 Å². The highest BCUT2D eigenvalue weighted by Gasteiger charge is 2.21. The largest absolute Gasteiger partial charge is 0.383 e. The minimum absolute atomic E-state index is 0.473. The van der Waals surface area contributed by atoms with Crippen molar-refractivity contribution in [2.24, 2.45) is 0 Å². The van der Waals surface area contributed by atoms with Gasteiger partial charge in [0.15, 0.2) is 0 Å². The van der Waals surface area contributed by atoms with E-state index in [2.05, 4.69) is 24.1 Å². The van der Waals surface area contributed by atoms with Crippen LogP contribution in [0.3, 0.4) is 0 Å². The Labute approximate surface area is 106 Å². The van der Waals surface area contributed by atoms with E-state index >= 15 is 0 Å². The predicted molar refractivity (Wildman–Crippen MR) is 70.4 cm³/mol. The Balaban J connectivity index is 2.42. The van der Waals surface area contributed by atoms with Crippen LogP contribution in [0.5, 0.6) is 0 Å². The predicted octanol–water partition coefficient (Wildman–Crippen LogP) is 1.11. The summed E-state index contributed by atoms with van der Waals surface area (Å²) >= 11 is 0. The lowest BCUT2D eigenvalue weighted by Gasteiger charge is -2.35. The number of methoxy groups -OCH3 is 1. The molecule has 4 heteroatoms. The maximum atomic E-state index is 5.51. The Hall–Kier alpha value is -0.160. The van der Waals surface area contributed by atoms with Gasteiger partial charge in [-0.3, -0.25) is 4.90 Å². The van der Waals surface area contributed by atoms with Gasteiger partial charge in [0.2, 0.25) is 0 Å². The smallest absolute Gasteiger partial charge is 0.0632 e. The van der Waals surface area contributed by atoms with E-state index in [-0.39, 0.29) is 0 Å². The molecule has 1 N–H and O–H groups in total. The van der Waals surface area contributed by atoms with Gasteiger partial charge >= 0.3 is 0 Å². The molecule has 1 atom stereocenters. The monoisotopic (exact) mass is 244 g/mol. The zero-order valence-electron chi connectivity index (χ0n) is 11.6. The van der Waals surface area contributed by atoms with E-state index in [0.29, 0.717) is 12.1 Å². The molecule has 1 unspecified atom stereocenters. The molecular weight excluding hydrogens is 216 g/mol. The normalized spacial score (nSPS) is 21.4. The first-order chi connectivity index (χ1) is 8.31. The molecule has 0 radical (unpaired) electrons. The van der Waals surface area contributed by atoms with Gasteiger partial charge in [0.1, 0.15) is 0 Å². The summed E-state index contributed by atoms with van der Waals surface area (Å²) < 4.78 is 10.7. The first-order valence-electron chi connectivity index (χ1n) is 6.85. The highest BCUT2D eigenvalue weighted by atomic mass is 16.5. The van der Waals surface area contributed by atoms with E-state index in [9.17, 15) is 0 Å². The highest BCUT2D eigenvalue weighted by Crippen LogP contribution is 2.10. The molecule has 1 aliphatic rings. The topological polar surface area (TPSA) is 33.7 Å². The molecule has 102 valence electrons. The van der Waals surface area contributed by atoms with Crippen molar-refractivity contribution in [2.75, 3.05) is 46.6 Å². The summed E-state index contributed by atoms with van der Waals surface area (Å²) in [6, 6.07) is 1.13. The van der Waals surface area contributed by atoms with E-state index in [4.69, 9.17) is 9.47 Å². The first kappa shape index (κ1) is 14.9. The van der Waals surface area contributed by atoms with Crippen LogP contribution >= 0.6 is 0 Å². The lowest BCUT2D eigenvalue weighted by Crippen LogP contribution is -2.51. The second-order valence-electron chi connectivity index (χ2n) is 4.68. The summed E-state index contributed by atoms with van der Waals surface area (Å²) in [5.74, 6) is 0. The molecule has 1 saturated heterocycles. The van der Waals surface area contributed by atoms with E-state index in [1.807, 2.05) is 0 Å². The maximum Gasteiger partial charge on any atom is 0.0632 e. The molecule has 0 spiro atoms. The van der Waals surface area contributed by atoms with Gasteiger partial charge in [-0.05, 0) is 12.8 Å². The Kier molecular flexibility index (Phi) is 7.77. The summed E-state index contributed by atoms with van der Waals surface area (Å²) in [7, 11) is 1.77. The van der Waals surface area contributed by atoms with Crippen molar-refractivity contribution < 1.29 is 9.47 Å². The quantitative estimate of drug-likeness (QED) is 0.693. The van der Waals surface area contributed by atoms with Gasteiger partial charge in [-0.25, -0.2) is 0 Å². The molecule has 0 aliphatic carbocycles. The third-order valence-corrected chi connectivity index (χ3v) is 3.49. The molecule has 4 nitrogen and oxygen atoms in total. The molecule has 0 amide bonds. The van der Waals surface area contributed by atoms with E-state index in [1.54, 1.807) is 7.11 Å². The minimum atomic E-state index is 0.473. The number of hydrogen-bond acceptors (Lipinski definition) is 4. The summed E-state index contributed by atoms with van der Waals surface area (Å²) in [5, 5.41) is 3.52. The van der Waals surface area contributed by atoms with Crippen LogP contribution in [0.25, 0.3) is 0 Å². The standard InChI is InChI=1S/C13H28N2O2/c1-4-13(5-2)15(7-9-16-3)10-12-11-17-8-6-14-12/h12-14H,4-11H2,1-3H3. The number of nitrogens with zero attached hydrogens (tertiary/aromatic N) is 1. The molecule has 0 aromatic heterocycles. The number of nitrogens with one attached hydrogen (secondary N) is 1. The van der Waals surface area contributed by atoms with Gasteiger partial charge in [-0.2, -0.15) is 0 Å². The minimum Gasteiger partial charge on any atom is -0.383 e. The SMILES string of the molecule is CCC(CC)N(CCOC)CC1COCCN1. The second-order valence-corrected chi connectivity index (χ2v) is 4.68. The van der Waals surface area contributed by atoms with Gasteiger partial charge in [0.05, 0.1) is 19.8 Å². The van der Waals surface area contributed by atoms with Crippen molar-refractivity contribution in [3.63, 3.8) is 0 Å². The number of ether oxygens (including phenoxy) is 2. The van der Waals surface area contributed by atoms with Crippen molar-refractivity contribution in [2.45, 2.75) is 38.8 Å². The maximum absolute atomic E-state index is 5.51. The lowest BCUT2D eigenvalue weighted by atomic mass is 10.1. The Morgan fingerprint density at radius 3 is 2.71 bits per heavy atom. The highest BCUT2D eigenvalue weighted by molar-refractivity contribution is 4.78. The van der Waals surface area contributed by atoms with E-state index < -0.39 is 0 Å². The first-order valence-corrected chi connectivity index (χ1v) is 6.85.